The van der Waals surface area contributed by atoms with Gasteiger partial charge in [-0.1, -0.05) is 18.2 Å². The number of rotatable bonds is 6. The zero-order valence-corrected chi connectivity index (χ0v) is 13.5. The summed E-state index contributed by atoms with van der Waals surface area (Å²) in [6, 6.07) is 7.59. The molecule has 2 heterocycles. The number of H-pyrrole nitrogens is 1. The van der Waals surface area contributed by atoms with Gasteiger partial charge < -0.3 is 15.4 Å². The van der Waals surface area contributed by atoms with E-state index in [0.717, 1.165) is 33.5 Å². The number of hydrogen-bond acceptors (Lipinski definition) is 4. The second-order valence-corrected chi connectivity index (χ2v) is 5.71. The third-order valence-electron chi connectivity index (χ3n) is 3.90. The number of aromatic amines is 1. The first-order valence-electron chi connectivity index (χ1n) is 7.91. The van der Waals surface area contributed by atoms with Crippen molar-refractivity contribution in [2.45, 2.75) is 26.4 Å². The zero-order valence-electron chi connectivity index (χ0n) is 13.5. The summed E-state index contributed by atoms with van der Waals surface area (Å²) < 4.78 is 0. The van der Waals surface area contributed by atoms with Crippen molar-refractivity contribution < 1.29 is 9.90 Å². The summed E-state index contributed by atoms with van der Waals surface area (Å²) in [5.41, 5.74) is 3.30. The molecule has 1 aromatic carbocycles. The van der Waals surface area contributed by atoms with Gasteiger partial charge in [-0.2, -0.15) is 0 Å². The van der Waals surface area contributed by atoms with Crippen molar-refractivity contribution in [1.29, 1.82) is 0 Å². The number of carbonyl (C=O) groups is 1. The van der Waals surface area contributed by atoms with Crippen LogP contribution in [0.15, 0.2) is 36.7 Å². The zero-order chi connectivity index (χ0) is 16.9. The highest BCUT2D eigenvalue weighted by Crippen LogP contribution is 2.22. The van der Waals surface area contributed by atoms with E-state index in [9.17, 15) is 9.90 Å². The Labute approximate surface area is 140 Å². The maximum absolute atomic E-state index is 12.2. The van der Waals surface area contributed by atoms with Gasteiger partial charge in [-0.15, -0.1) is 0 Å². The van der Waals surface area contributed by atoms with Crippen molar-refractivity contribution >= 4 is 16.8 Å². The molecule has 24 heavy (non-hydrogen) atoms. The standard InChI is InChI=1S/C18H20N4O2/c1-12-9-14(11-23)15-4-2-3-13(18(15)22-12)10-17(24)21-6-5-16-19-7-8-20-16/h2-4,7-9,23H,5-6,10-11H2,1H3,(H,19,20)(H,21,24). The Bertz CT molecular complexity index is 844. The minimum atomic E-state index is -0.0529. The summed E-state index contributed by atoms with van der Waals surface area (Å²) in [7, 11) is 0. The topological polar surface area (TPSA) is 90.9 Å². The molecule has 0 aliphatic carbocycles. The van der Waals surface area contributed by atoms with Crippen LogP contribution in [0.5, 0.6) is 0 Å². The van der Waals surface area contributed by atoms with Crippen LogP contribution < -0.4 is 5.32 Å². The number of pyridine rings is 1. The first-order valence-corrected chi connectivity index (χ1v) is 7.91. The van der Waals surface area contributed by atoms with Gasteiger partial charge in [0.1, 0.15) is 5.82 Å². The number of benzene rings is 1. The van der Waals surface area contributed by atoms with E-state index in [-0.39, 0.29) is 18.9 Å². The molecule has 2 aromatic heterocycles. The highest BCUT2D eigenvalue weighted by molar-refractivity contribution is 5.89. The van der Waals surface area contributed by atoms with Crippen LogP contribution in [-0.4, -0.2) is 32.5 Å². The van der Waals surface area contributed by atoms with Gasteiger partial charge in [0, 0.05) is 36.4 Å². The lowest BCUT2D eigenvalue weighted by Crippen LogP contribution is -2.27. The number of para-hydroxylation sites is 1. The fraction of sp³-hybridized carbons (Fsp3) is 0.278. The predicted molar refractivity (Wildman–Crippen MR) is 91.4 cm³/mol. The average Bonchev–Trinajstić information content (AvgIpc) is 3.08. The highest BCUT2D eigenvalue weighted by Gasteiger charge is 2.11. The third kappa shape index (κ3) is 3.60. The molecule has 6 nitrogen and oxygen atoms in total. The van der Waals surface area contributed by atoms with Crippen LogP contribution >= 0.6 is 0 Å². The number of nitrogens with zero attached hydrogens (tertiary/aromatic N) is 2. The summed E-state index contributed by atoms with van der Waals surface area (Å²) >= 11 is 0. The predicted octanol–water partition coefficient (Wildman–Crippen LogP) is 1.66. The normalized spacial score (nSPS) is 10.9. The second kappa shape index (κ2) is 7.23. The van der Waals surface area contributed by atoms with Gasteiger partial charge in [0.2, 0.25) is 5.91 Å². The number of nitrogens with one attached hydrogen (secondary N) is 2. The molecular weight excluding hydrogens is 304 g/mol. The van der Waals surface area contributed by atoms with Crippen LogP contribution in [0, 0.1) is 6.92 Å². The molecular formula is C18H20N4O2. The first kappa shape index (κ1) is 16.1. The maximum atomic E-state index is 12.2. The molecule has 0 aliphatic rings. The number of aliphatic hydroxyl groups excluding tert-OH is 1. The summed E-state index contributed by atoms with van der Waals surface area (Å²) in [5.74, 6) is 0.799. The molecule has 6 heteroatoms. The van der Waals surface area contributed by atoms with E-state index in [0.29, 0.717) is 13.0 Å². The van der Waals surface area contributed by atoms with Crippen LogP contribution in [0.2, 0.25) is 0 Å². The van der Waals surface area contributed by atoms with E-state index in [1.165, 1.54) is 0 Å². The van der Waals surface area contributed by atoms with Gasteiger partial charge >= 0.3 is 0 Å². The van der Waals surface area contributed by atoms with E-state index in [1.54, 1.807) is 12.4 Å². The van der Waals surface area contributed by atoms with Crippen molar-refractivity contribution in [3.8, 4) is 0 Å². The Morgan fingerprint density at radius 1 is 1.33 bits per heavy atom. The molecule has 0 aliphatic heterocycles. The van der Waals surface area contributed by atoms with Crippen molar-refractivity contribution in [3.05, 3.63) is 59.3 Å². The number of fused-ring (bicyclic) bond motifs is 1. The fourth-order valence-corrected chi connectivity index (χ4v) is 2.78. The summed E-state index contributed by atoms with van der Waals surface area (Å²) in [5, 5.41) is 13.3. The fourth-order valence-electron chi connectivity index (χ4n) is 2.78. The van der Waals surface area contributed by atoms with E-state index in [4.69, 9.17) is 0 Å². The van der Waals surface area contributed by atoms with Gasteiger partial charge in [-0.05, 0) is 24.1 Å². The molecule has 1 amide bonds. The minimum absolute atomic E-state index is 0.0430. The van der Waals surface area contributed by atoms with E-state index < -0.39 is 0 Å². The number of hydrogen-bond donors (Lipinski definition) is 3. The lowest BCUT2D eigenvalue weighted by molar-refractivity contribution is -0.120. The van der Waals surface area contributed by atoms with Crippen molar-refractivity contribution in [2.75, 3.05) is 6.54 Å². The van der Waals surface area contributed by atoms with E-state index >= 15 is 0 Å². The van der Waals surface area contributed by atoms with Gasteiger partial charge in [-0.25, -0.2) is 4.98 Å². The van der Waals surface area contributed by atoms with Gasteiger partial charge in [-0.3, -0.25) is 9.78 Å². The SMILES string of the molecule is Cc1cc(CO)c2cccc(CC(=O)NCCc3ncc[nH]3)c2n1. The molecule has 3 aromatic rings. The second-order valence-electron chi connectivity index (χ2n) is 5.71. The van der Waals surface area contributed by atoms with Crippen LogP contribution in [-0.2, 0) is 24.2 Å². The molecule has 0 saturated heterocycles. The van der Waals surface area contributed by atoms with Crippen LogP contribution in [0.25, 0.3) is 10.9 Å². The Balaban J connectivity index is 1.72. The molecule has 0 fully saturated rings. The van der Waals surface area contributed by atoms with Gasteiger partial charge in [0.05, 0.1) is 18.5 Å². The van der Waals surface area contributed by atoms with Crippen LogP contribution in [0.3, 0.4) is 0 Å². The number of amides is 1. The van der Waals surface area contributed by atoms with Crippen molar-refractivity contribution in [2.24, 2.45) is 0 Å². The Kier molecular flexibility index (Phi) is 4.86. The summed E-state index contributed by atoms with van der Waals surface area (Å²) in [6.45, 7) is 2.38. The molecule has 124 valence electrons. The number of aliphatic hydroxyl groups is 1. The molecule has 3 N–H and O–H groups in total. The Morgan fingerprint density at radius 3 is 2.96 bits per heavy atom. The molecule has 3 rings (SSSR count). The number of imidazole rings is 1. The smallest absolute Gasteiger partial charge is 0.224 e. The van der Waals surface area contributed by atoms with Crippen LogP contribution in [0.4, 0.5) is 0 Å². The third-order valence-corrected chi connectivity index (χ3v) is 3.90. The maximum Gasteiger partial charge on any atom is 0.224 e. The number of aryl methyl sites for hydroxylation is 1. The van der Waals surface area contributed by atoms with Gasteiger partial charge in [0.25, 0.3) is 0 Å². The minimum Gasteiger partial charge on any atom is -0.392 e. The first-order chi connectivity index (χ1) is 11.7. The monoisotopic (exact) mass is 324 g/mol. The number of aromatic nitrogens is 3. The average molecular weight is 324 g/mol. The van der Waals surface area contributed by atoms with Crippen molar-refractivity contribution in [1.82, 2.24) is 20.3 Å². The molecule has 0 atom stereocenters. The Morgan fingerprint density at radius 2 is 2.21 bits per heavy atom. The molecule has 0 radical (unpaired) electrons. The highest BCUT2D eigenvalue weighted by atomic mass is 16.3. The molecule has 0 unspecified atom stereocenters. The molecule has 0 spiro atoms. The lowest BCUT2D eigenvalue weighted by Gasteiger charge is -2.10. The molecule has 0 bridgehead atoms. The summed E-state index contributed by atoms with van der Waals surface area (Å²) in [6.07, 6.45) is 4.39. The Hall–Kier alpha value is -2.73. The van der Waals surface area contributed by atoms with Gasteiger partial charge in [0.15, 0.2) is 0 Å². The summed E-state index contributed by atoms with van der Waals surface area (Å²) in [4.78, 5) is 23.9. The largest absolute Gasteiger partial charge is 0.392 e. The van der Waals surface area contributed by atoms with E-state index in [1.807, 2.05) is 31.2 Å². The lowest BCUT2D eigenvalue weighted by atomic mass is 10.0. The number of carbonyl (C=O) groups excluding carboxylic acids is 1. The van der Waals surface area contributed by atoms with Crippen LogP contribution in [0.1, 0.15) is 22.6 Å². The van der Waals surface area contributed by atoms with Crippen molar-refractivity contribution in [3.63, 3.8) is 0 Å². The molecule has 0 saturated carbocycles. The van der Waals surface area contributed by atoms with E-state index in [2.05, 4.69) is 20.3 Å². The quantitative estimate of drug-likeness (QED) is 0.643.